The Morgan fingerprint density at radius 1 is 1.41 bits per heavy atom. The molecule has 1 aromatic heterocycles. The average Bonchev–Trinajstić information content (AvgIpc) is 2.76. The summed E-state index contributed by atoms with van der Waals surface area (Å²) in [4.78, 5) is 0. The molecule has 0 amide bonds. The fraction of sp³-hybridized carbons (Fsp3) is 0.308. The molecule has 3 nitrogen and oxygen atoms in total. The lowest BCUT2D eigenvalue weighted by atomic mass is 10.1. The highest BCUT2D eigenvalue weighted by atomic mass is 19.1. The topological polar surface area (TPSA) is 29.9 Å². The first kappa shape index (κ1) is 11.6. The first-order chi connectivity index (χ1) is 8.19. The Labute approximate surface area is 100 Å². The van der Waals surface area contributed by atoms with E-state index in [1.165, 1.54) is 6.07 Å². The maximum absolute atomic E-state index is 12.9. The molecule has 1 heterocycles. The summed E-state index contributed by atoms with van der Waals surface area (Å²) < 4.78 is 14.8. The number of anilines is 1. The normalized spacial score (nSPS) is 10.5. The average molecular weight is 233 g/mol. The molecule has 0 atom stereocenters. The second-order valence-corrected chi connectivity index (χ2v) is 4.01. The van der Waals surface area contributed by atoms with Crippen molar-refractivity contribution in [2.75, 3.05) is 5.32 Å². The van der Waals surface area contributed by atoms with Crippen molar-refractivity contribution in [1.29, 1.82) is 0 Å². The molecule has 0 saturated carbocycles. The van der Waals surface area contributed by atoms with Crippen molar-refractivity contribution < 1.29 is 4.39 Å². The first-order valence-electron chi connectivity index (χ1n) is 5.70. The van der Waals surface area contributed by atoms with E-state index in [1.54, 1.807) is 12.3 Å². The molecule has 2 rings (SSSR count). The number of rotatable bonds is 4. The summed E-state index contributed by atoms with van der Waals surface area (Å²) in [7, 11) is 0. The smallest absolute Gasteiger partial charge is 0.123 e. The molecular weight excluding hydrogens is 217 g/mol. The van der Waals surface area contributed by atoms with E-state index in [1.807, 2.05) is 30.8 Å². The van der Waals surface area contributed by atoms with Gasteiger partial charge in [0, 0.05) is 19.3 Å². The lowest BCUT2D eigenvalue weighted by Gasteiger charge is -2.07. The highest BCUT2D eigenvalue weighted by Crippen LogP contribution is 2.13. The van der Waals surface area contributed by atoms with Gasteiger partial charge < -0.3 is 5.32 Å². The van der Waals surface area contributed by atoms with Crippen LogP contribution in [0.25, 0.3) is 0 Å². The Balaban J connectivity index is 2.02. The van der Waals surface area contributed by atoms with Crippen molar-refractivity contribution >= 4 is 5.69 Å². The maximum Gasteiger partial charge on any atom is 0.123 e. The zero-order valence-corrected chi connectivity index (χ0v) is 10.1. The molecule has 0 saturated heterocycles. The van der Waals surface area contributed by atoms with Crippen molar-refractivity contribution in [3.63, 3.8) is 0 Å². The van der Waals surface area contributed by atoms with Crippen molar-refractivity contribution in [1.82, 2.24) is 9.78 Å². The highest BCUT2D eigenvalue weighted by Gasteiger charge is 2.01. The van der Waals surface area contributed by atoms with Crippen molar-refractivity contribution in [3.8, 4) is 0 Å². The van der Waals surface area contributed by atoms with Crippen molar-refractivity contribution in [2.24, 2.45) is 0 Å². The van der Waals surface area contributed by atoms with E-state index in [4.69, 9.17) is 0 Å². The first-order valence-corrected chi connectivity index (χ1v) is 5.70. The van der Waals surface area contributed by atoms with Gasteiger partial charge in [0.1, 0.15) is 5.82 Å². The van der Waals surface area contributed by atoms with Gasteiger partial charge in [0.25, 0.3) is 0 Å². The maximum atomic E-state index is 12.9. The van der Waals surface area contributed by atoms with Crippen LogP contribution in [0.4, 0.5) is 10.1 Å². The molecule has 0 radical (unpaired) electrons. The Bertz CT molecular complexity index is 505. The Morgan fingerprint density at radius 2 is 2.24 bits per heavy atom. The molecule has 0 aliphatic heterocycles. The van der Waals surface area contributed by atoms with Crippen LogP contribution in [0, 0.1) is 12.7 Å². The molecule has 17 heavy (non-hydrogen) atoms. The van der Waals surface area contributed by atoms with Crippen LogP contribution in [0.1, 0.15) is 18.1 Å². The van der Waals surface area contributed by atoms with Gasteiger partial charge in [0.05, 0.1) is 11.9 Å². The van der Waals surface area contributed by atoms with E-state index in [-0.39, 0.29) is 5.82 Å². The minimum atomic E-state index is -0.190. The van der Waals surface area contributed by atoms with Gasteiger partial charge in [-0.3, -0.25) is 4.68 Å². The number of aryl methyl sites for hydroxylation is 2. The number of nitrogens with zero attached hydrogens (tertiary/aromatic N) is 2. The Morgan fingerprint density at radius 3 is 2.88 bits per heavy atom. The second kappa shape index (κ2) is 4.99. The molecule has 90 valence electrons. The molecule has 1 aromatic carbocycles. The third kappa shape index (κ3) is 2.84. The Kier molecular flexibility index (Phi) is 3.42. The zero-order valence-electron chi connectivity index (χ0n) is 10.1. The summed E-state index contributed by atoms with van der Waals surface area (Å²) in [5.74, 6) is -0.190. The van der Waals surface area contributed by atoms with E-state index in [0.29, 0.717) is 6.54 Å². The third-order valence-electron chi connectivity index (χ3n) is 2.74. The second-order valence-electron chi connectivity index (χ2n) is 4.01. The van der Waals surface area contributed by atoms with Gasteiger partial charge in [-0.05, 0) is 37.1 Å². The summed E-state index contributed by atoms with van der Waals surface area (Å²) in [5, 5.41) is 7.45. The minimum Gasteiger partial charge on any atom is -0.378 e. The summed E-state index contributed by atoms with van der Waals surface area (Å²) in [5.41, 5.74) is 3.03. The van der Waals surface area contributed by atoms with Crippen LogP contribution in [0.2, 0.25) is 0 Å². The van der Waals surface area contributed by atoms with Crippen LogP contribution in [0.15, 0.2) is 30.6 Å². The van der Waals surface area contributed by atoms with Gasteiger partial charge in [-0.1, -0.05) is 6.07 Å². The third-order valence-corrected chi connectivity index (χ3v) is 2.74. The van der Waals surface area contributed by atoms with E-state index < -0.39 is 0 Å². The molecule has 4 heteroatoms. The van der Waals surface area contributed by atoms with Gasteiger partial charge >= 0.3 is 0 Å². The van der Waals surface area contributed by atoms with Crippen LogP contribution in [0.5, 0.6) is 0 Å². The van der Waals surface area contributed by atoms with E-state index in [2.05, 4.69) is 10.4 Å². The number of aromatic nitrogens is 2. The largest absolute Gasteiger partial charge is 0.378 e. The molecule has 1 N–H and O–H groups in total. The summed E-state index contributed by atoms with van der Waals surface area (Å²) >= 11 is 0. The summed E-state index contributed by atoms with van der Waals surface area (Å²) in [6.07, 6.45) is 3.75. The number of halogens is 1. The molecule has 0 spiro atoms. The molecule has 0 fully saturated rings. The predicted octanol–water partition coefficient (Wildman–Crippen LogP) is 2.96. The van der Waals surface area contributed by atoms with Crippen LogP contribution in [-0.2, 0) is 13.1 Å². The van der Waals surface area contributed by atoms with Crippen molar-refractivity contribution in [3.05, 3.63) is 47.5 Å². The van der Waals surface area contributed by atoms with E-state index in [0.717, 1.165) is 23.4 Å². The molecule has 0 unspecified atom stereocenters. The van der Waals surface area contributed by atoms with Crippen molar-refractivity contribution in [2.45, 2.75) is 26.9 Å². The molecule has 0 bridgehead atoms. The van der Waals surface area contributed by atoms with Gasteiger partial charge in [0.15, 0.2) is 0 Å². The van der Waals surface area contributed by atoms with Gasteiger partial charge in [-0.2, -0.15) is 5.10 Å². The molecular formula is C13H16FN3. The van der Waals surface area contributed by atoms with Gasteiger partial charge in [0.2, 0.25) is 0 Å². The van der Waals surface area contributed by atoms with Crippen LogP contribution in [-0.4, -0.2) is 9.78 Å². The summed E-state index contributed by atoms with van der Waals surface area (Å²) in [6.45, 7) is 5.50. The lowest BCUT2D eigenvalue weighted by molar-refractivity contribution is 0.625. The Hall–Kier alpha value is -1.84. The highest BCUT2D eigenvalue weighted by molar-refractivity contribution is 5.40. The fourth-order valence-corrected chi connectivity index (χ4v) is 1.68. The predicted molar refractivity (Wildman–Crippen MR) is 66.4 cm³/mol. The van der Waals surface area contributed by atoms with E-state index >= 15 is 0 Å². The van der Waals surface area contributed by atoms with Gasteiger partial charge in [-0.15, -0.1) is 0 Å². The molecule has 0 aliphatic carbocycles. The minimum absolute atomic E-state index is 0.190. The number of benzene rings is 1. The van der Waals surface area contributed by atoms with Crippen LogP contribution in [0.3, 0.4) is 0 Å². The SMILES string of the molecule is CCn1cc(NCc2ccc(F)cc2C)cn1. The van der Waals surface area contributed by atoms with E-state index in [9.17, 15) is 4.39 Å². The molecule has 2 aromatic rings. The fourth-order valence-electron chi connectivity index (χ4n) is 1.68. The van der Waals surface area contributed by atoms with Gasteiger partial charge in [-0.25, -0.2) is 4.39 Å². The quantitative estimate of drug-likeness (QED) is 0.879. The molecule has 0 aliphatic rings. The zero-order chi connectivity index (χ0) is 12.3. The number of hydrogen-bond donors (Lipinski definition) is 1. The lowest BCUT2D eigenvalue weighted by Crippen LogP contribution is -2.01. The van der Waals surface area contributed by atoms with Crippen LogP contribution < -0.4 is 5.32 Å². The standard InChI is InChI=1S/C13H16FN3/c1-3-17-9-13(8-16-17)15-7-11-4-5-12(14)6-10(11)2/h4-6,8-9,15H,3,7H2,1-2H3. The summed E-state index contributed by atoms with van der Waals surface area (Å²) in [6, 6.07) is 4.84. The monoisotopic (exact) mass is 233 g/mol. The number of nitrogens with one attached hydrogen (secondary N) is 1. The van der Waals surface area contributed by atoms with Crippen LogP contribution >= 0.6 is 0 Å². The number of hydrogen-bond acceptors (Lipinski definition) is 2.